The van der Waals surface area contributed by atoms with E-state index in [1.165, 1.54) is 11.3 Å². The number of halogens is 1. The van der Waals surface area contributed by atoms with Gasteiger partial charge < -0.3 is 14.8 Å². The largest absolute Gasteiger partial charge is 0.493 e. The lowest BCUT2D eigenvalue weighted by atomic mass is 10.2. The molecule has 0 aliphatic heterocycles. The van der Waals surface area contributed by atoms with Crippen molar-refractivity contribution in [1.29, 1.82) is 0 Å². The van der Waals surface area contributed by atoms with Gasteiger partial charge in [-0.05, 0) is 23.8 Å². The molecule has 4 rings (SSSR count). The number of anilines is 1. The zero-order chi connectivity index (χ0) is 19.5. The van der Waals surface area contributed by atoms with E-state index < -0.39 is 0 Å². The maximum Gasteiger partial charge on any atom is 0.183 e. The fourth-order valence-electron chi connectivity index (χ4n) is 2.73. The molecule has 1 N–H and O–H groups in total. The molecule has 0 amide bonds. The highest BCUT2D eigenvalue weighted by Gasteiger charge is 2.14. The molecule has 4 aromatic rings. The fraction of sp³-hybridized carbons (Fsp3) is 0.158. The van der Waals surface area contributed by atoms with Crippen LogP contribution in [0.3, 0.4) is 0 Å². The van der Waals surface area contributed by atoms with Crippen LogP contribution in [-0.2, 0) is 6.54 Å². The number of thiophene rings is 1. The molecule has 0 bridgehead atoms. The first-order chi connectivity index (χ1) is 13.7. The summed E-state index contributed by atoms with van der Waals surface area (Å²) in [5.41, 5.74) is 1.62. The van der Waals surface area contributed by atoms with Gasteiger partial charge in [0.25, 0.3) is 0 Å². The molecule has 7 nitrogen and oxygen atoms in total. The highest BCUT2D eigenvalue weighted by Crippen LogP contribution is 2.34. The minimum absolute atomic E-state index is 0.494. The molecule has 28 heavy (non-hydrogen) atoms. The molecule has 0 spiro atoms. The Balaban J connectivity index is 1.68. The highest BCUT2D eigenvalue weighted by atomic mass is 35.5. The van der Waals surface area contributed by atoms with Crippen LogP contribution in [0.1, 0.15) is 5.56 Å². The second-order valence-corrected chi connectivity index (χ2v) is 7.46. The average molecular weight is 414 g/mol. The number of ether oxygens (including phenoxy) is 2. The second kappa shape index (κ2) is 7.95. The first kappa shape index (κ1) is 18.4. The van der Waals surface area contributed by atoms with Crippen LogP contribution in [0.15, 0.2) is 42.9 Å². The van der Waals surface area contributed by atoms with Crippen molar-refractivity contribution < 1.29 is 9.47 Å². The van der Waals surface area contributed by atoms with Crippen molar-refractivity contribution in [3.05, 3.63) is 52.8 Å². The molecule has 0 radical (unpaired) electrons. The minimum Gasteiger partial charge on any atom is -0.493 e. The van der Waals surface area contributed by atoms with Crippen molar-refractivity contribution in [2.24, 2.45) is 0 Å². The van der Waals surface area contributed by atoms with E-state index >= 15 is 0 Å². The van der Waals surface area contributed by atoms with Gasteiger partial charge in [-0.15, -0.1) is 11.3 Å². The summed E-state index contributed by atoms with van der Waals surface area (Å²) in [7, 11) is 3.23. The van der Waals surface area contributed by atoms with Gasteiger partial charge in [-0.1, -0.05) is 17.7 Å². The van der Waals surface area contributed by atoms with Gasteiger partial charge >= 0.3 is 0 Å². The summed E-state index contributed by atoms with van der Waals surface area (Å²) >= 11 is 7.61. The van der Waals surface area contributed by atoms with Gasteiger partial charge in [0, 0.05) is 18.9 Å². The van der Waals surface area contributed by atoms with Crippen LogP contribution in [0, 0.1) is 0 Å². The summed E-state index contributed by atoms with van der Waals surface area (Å²) in [5, 5.41) is 4.23. The van der Waals surface area contributed by atoms with Crippen molar-refractivity contribution in [3.63, 3.8) is 0 Å². The zero-order valence-electron chi connectivity index (χ0n) is 15.1. The van der Waals surface area contributed by atoms with E-state index in [4.69, 9.17) is 21.1 Å². The number of nitrogens with zero attached hydrogens (tertiary/aromatic N) is 4. The normalized spacial score (nSPS) is 10.8. The molecule has 0 unspecified atom stereocenters. The molecule has 3 heterocycles. The fourth-order valence-corrected chi connectivity index (χ4v) is 3.82. The number of aromatic nitrogens is 4. The quantitative estimate of drug-likeness (QED) is 0.500. The third-order valence-electron chi connectivity index (χ3n) is 4.06. The standard InChI is InChI=1S/C19H16ClN5O2S/c1-26-14-4-3-11(7-15(14)27-2)9-23-17-12-8-16(20)28-19(12)25-18(24-17)13-10-21-5-6-22-13/h3-8,10H,9H2,1-2H3,(H,23,24,25). The van der Waals surface area contributed by atoms with E-state index in [9.17, 15) is 0 Å². The first-order valence-corrected chi connectivity index (χ1v) is 9.55. The van der Waals surface area contributed by atoms with Crippen molar-refractivity contribution in [2.75, 3.05) is 19.5 Å². The molecule has 0 saturated carbocycles. The van der Waals surface area contributed by atoms with E-state index in [-0.39, 0.29) is 0 Å². The lowest BCUT2D eigenvalue weighted by Crippen LogP contribution is -2.04. The Hall–Kier alpha value is -2.97. The van der Waals surface area contributed by atoms with Crippen molar-refractivity contribution in [1.82, 2.24) is 19.9 Å². The molecular weight excluding hydrogens is 398 g/mol. The Morgan fingerprint density at radius 2 is 1.93 bits per heavy atom. The van der Waals surface area contributed by atoms with E-state index in [1.54, 1.807) is 32.8 Å². The van der Waals surface area contributed by atoms with Crippen LogP contribution in [0.4, 0.5) is 5.82 Å². The van der Waals surface area contributed by atoms with Gasteiger partial charge in [0.2, 0.25) is 0 Å². The van der Waals surface area contributed by atoms with Gasteiger partial charge in [0.05, 0.1) is 30.1 Å². The van der Waals surface area contributed by atoms with Crippen LogP contribution in [0.25, 0.3) is 21.7 Å². The number of rotatable bonds is 6. The molecule has 3 aromatic heterocycles. The molecule has 142 valence electrons. The summed E-state index contributed by atoms with van der Waals surface area (Å²) < 4.78 is 11.3. The van der Waals surface area contributed by atoms with E-state index in [2.05, 4.69) is 25.3 Å². The van der Waals surface area contributed by atoms with Crippen LogP contribution in [0.2, 0.25) is 4.34 Å². The average Bonchev–Trinajstić information content (AvgIpc) is 3.12. The number of hydrogen-bond donors (Lipinski definition) is 1. The van der Waals surface area contributed by atoms with Crippen LogP contribution in [-0.4, -0.2) is 34.2 Å². The van der Waals surface area contributed by atoms with Crippen molar-refractivity contribution >= 4 is 39.0 Å². The number of hydrogen-bond acceptors (Lipinski definition) is 8. The molecular formula is C19H16ClN5O2S. The molecule has 0 aliphatic carbocycles. The van der Waals surface area contributed by atoms with Crippen LogP contribution in [0.5, 0.6) is 11.5 Å². The zero-order valence-corrected chi connectivity index (χ0v) is 16.7. The van der Waals surface area contributed by atoms with Gasteiger partial charge in [0.1, 0.15) is 16.3 Å². The Morgan fingerprint density at radius 3 is 2.68 bits per heavy atom. The molecule has 0 fully saturated rings. The summed E-state index contributed by atoms with van der Waals surface area (Å²) in [6.07, 6.45) is 4.86. The molecule has 0 atom stereocenters. The third-order valence-corrected chi connectivity index (χ3v) is 5.22. The van der Waals surface area contributed by atoms with Gasteiger partial charge in [-0.2, -0.15) is 0 Å². The number of methoxy groups -OCH3 is 2. The summed E-state index contributed by atoms with van der Waals surface area (Å²) in [6.45, 7) is 0.542. The molecule has 0 saturated heterocycles. The Morgan fingerprint density at radius 1 is 1.07 bits per heavy atom. The van der Waals surface area contributed by atoms with Crippen LogP contribution < -0.4 is 14.8 Å². The molecule has 9 heteroatoms. The predicted octanol–water partition coefficient (Wildman–Crippen LogP) is 4.43. The topological polar surface area (TPSA) is 82.0 Å². The summed E-state index contributed by atoms with van der Waals surface area (Å²) in [6, 6.07) is 7.63. The number of benzene rings is 1. The van der Waals surface area contributed by atoms with E-state index in [1.807, 2.05) is 24.3 Å². The second-order valence-electron chi connectivity index (χ2n) is 5.80. The van der Waals surface area contributed by atoms with Gasteiger partial charge in [-0.3, -0.25) is 4.98 Å². The number of nitrogens with one attached hydrogen (secondary N) is 1. The summed E-state index contributed by atoms with van der Waals surface area (Å²) in [5.74, 6) is 2.54. The predicted molar refractivity (Wildman–Crippen MR) is 110 cm³/mol. The molecule has 1 aromatic carbocycles. The third kappa shape index (κ3) is 3.69. The lowest BCUT2D eigenvalue weighted by molar-refractivity contribution is 0.354. The first-order valence-electron chi connectivity index (χ1n) is 8.36. The Kier molecular flexibility index (Phi) is 5.23. The highest BCUT2D eigenvalue weighted by molar-refractivity contribution is 7.22. The maximum absolute atomic E-state index is 6.21. The van der Waals surface area contributed by atoms with Gasteiger partial charge in [0.15, 0.2) is 17.3 Å². The Bertz CT molecular complexity index is 1120. The van der Waals surface area contributed by atoms with Crippen molar-refractivity contribution in [3.8, 4) is 23.0 Å². The van der Waals surface area contributed by atoms with Crippen molar-refractivity contribution in [2.45, 2.75) is 6.54 Å². The van der Waals surface area contributed by atoms with E-state index in [0.29, 0.717) is 39.7 Å². The summed E-state index contributed by atoms with van der Waals surface area (Å²) in [4.78, 5) is 18.4. The Labute approximate surface area is 170 Å². The maximum atomic E-state index is 6.21. The minimum atomic E-state index is 0.494. The molecule has 0 aliphatic rings. The van der Waals surface area contributed by atoms with Crippen LogP contribution >= 0.6 is 22.9 Å². The number of fused-ring (bicyclic) bond motifs is 1. The monoisotopic (exact) mass is 413 g/mol. The SMILES string of the molecule is COc1ccc(CNc2nc(-c3cnccn3)nc3sc(Cl)cc23)cc1OC. The van der Waals surface area contributed by atoms with Gasteiger partial charge in [-0.25, -0.2) is 15.0 Å². The smallest absolute Gasteiger partial charge is 0.183 e. The van der Waals surface area contributed by atoms with E-state index in [0.717, 1.165) is 15.8 Å². The lowest BCUT2D eigenvalue weighted by Gasteiger charge is -2.11.